The van der Waals surface area contributed by atoms with Crippen LogP contribution in [-0.2, 0) is 6.42 Å². The number of carbonyl (C=O) groups is 1. The minimum Gasteiger partial charge on any atom is -0.362 e. The van der Waals surface area contributed by atoms with Gasteiger partial charge in [0.05, 0.1) is 12.0 Å². The summed E-state index contributed by atoms with van der Waals surface area (Å²) in [5, 5.41) is 3.58. The Morgan fingerprint density at radius 2 is 1.66 bits per heavy atom. The predicted molar refractivity (Wildman–Crippen MR) is 113 cm³/mol. The van der Waals surface area contributed by atoms with Gasteiger partial charge in [-0.25, -0.2) is 0 Å². The van der Waals surface area contributed by atoms with Crippen molar-refractivity contribution < 1.29 is 18.0 Å². The third kappa shape index (κ3) is 4.60. The van der Waals surface area contributed by atoms with Crippen molar-refractivity contribution in [1.82, 2.24) is 0 Å². The highest BCUT2D eigenvalue weighted by molar-refractivity contribution is 9.10. The Balaban J connectivity index is 2.07. The summed E-state index contributed by atoms with van der Waals surface area (Å²) in [6.07, 6.45) is -2.08. The molecule has 0 atom stereocenters. The van der Waals surface area contributed by atoms with Gasteiger partial charge in [0.2, 0.25) is 0 Å². The molecule has 0 saturated heterocycles. The number of benzene rings is 2. The number of hydrogen-bond acceptors (Lipinski definition) is 2. The quantitative estimate of drug-likeness (QED) is 0.498. The molecule has 29 heavy (non-hydrogen) atoms. The van der Waals surface area contributed by atoms with Gasteiger partial charge in [0, 0.05) is 15.8 Å². The Bertz CT molecular complexity index is 875. The van der Waals surface area contributed by atoms with E-state index in [0.717, 1.165) is 35.8 Å². The van der Waals surface area contributed by atoms with Crippen LogP contribution in [0.2, 0.25) is 0 Å². The van der Waals surface area contributed by atoms with E-state index in [4.69, 9.17) is 0 Å². The fraction of sp³-hybridized carbons (Fsp3) is 0.409. The monoisotopic (exact) mass is 468 g/mol. The number of alkyl halides is 3. The highest BCUT2D eigenvalue weighted by Gasteiger charge is 2.44. The van der Waals surface area contributed by atoms with Gasteiger partial charge in [-0.2, -0.15) is 13.2 Å². The molecule has 0 radical (unpaired) electrons. The summed E-state index contributed by atoms with van der Waals surface area (Å²) in [6, 6.07) is 11.6. The number of anilines is 2. The summed E-state index contributed by atoms with van der Waals surface area (Å²) in [4.78, 5) is 15.2. The Hall–Kier alpha value is -2.02. The summed E-state index contributed by atoms with van der Waals surface area (Å²) in [5.74, 6) is -0.142. The lowest BCUT2D eigenvalue weighted by Gasteiger charge is -2.49. The lowest BCUT2D eigenvalue weighted by molar-refractivity contribution is -0.127. The van der Waals surface area contributed by atoms with Gasteiger partial charge in [-0.05, 0) is 48.7 Å². The van der Waals surface area contributed by atoms with E-state index in [2.05, 4.69) is 35.1 Å². The third-order valence-electron chi connectivity index (χ3n) is 5.14. The molecule has 7 heteroatoms. The van der Waals surface area contributed by atoms with Crippen LogP contribution >= 0.6 is 15.9 Å². The van der Waals surface area contributed by atoms with E-state index in [1.807, 2.05) is 12.1 Å². The first-order valence-corrected chi connectivity index (χ1v) is 10.6. The lowest BCUT2D eigenvalue weighted by Crippen LogP contribution is -2.60. The SMILES string of the molecule is CCCC1(CCC)Nc2cc(Br)ccc2C(=O)N1c1ccc(CC(F)(F)F)cc1. The number of halogens is 4. The van der Waals surface area contributed by atoms with E-state index in [1.165, 1.54) is 12.1 Å². The Morgan fingerprint density at radius 1 is 1.03 bits per heavy atom. The minimum atomic E-state index is -4.26. The maximum Gasteiger partial charge on any atom is 0.393 e. The zero-order chi connectivity index (χ0) is 21.2. The van der Waals surface area contributed by atoms with E-state index in [0.29, 0.717) is 11.3 Å². The number of rotatable bonds is 6. The van der Waals surface area contributed by atoms with Crippen LogP contribution in [0.5, 0.6) is 0 Å². The Kier molecular flexibility index (Phi) is 6.27. The van der Waals surface area contributed by atoms with Gasteiger partial charge in [-0.3, -0.25) is 9.69 Å². The Morgan fingerprint density at radius 3 is 2.21 bits per heavy atom. The van der Waals surface area contributed by atoms with Crippen LogP contribution in [0, 0.1) is 0 Å². The molecule has 156 valence electrons. The molecule has 0 aromatic heterocycles. The molecule has 2 aromatic rings. The molecule has 1 aliphatic rings. The van der Waals surface area contributed by atoms with Crippen molar-refractivity contribution in [1.29, 1.82) is 0 Å². The van der Waals surface area contributed by atoms with Gasteiger partial charge in [0.25, 0.3) is 5.91 Å². The second kappa shape index (κ2) is 8.38. The molecule has 1 N–H and O–H groups in total. The first kappa shape index (κ1) is 21.7. The standard InChI is InChI=1S/C22H24BrF3N2O/c1-3-11-21(12-4-2)27-19-13-16(23)7-10-18(19)20(29)28(21)17-8-5-15(6-9-17)14-22(24,25)26/h5-10,13,27H,3-4,11-12,14H2,1-2H3. The molecule has 0 aliphatic carbocycles. The zero-order valence-corrected chi connectivity index (χ0v) is 18.0. The number of nitrogens with one attached hydrogen (secondary N) is 1. The van der Waals surface area contributed by atoms with E-state index < -0.39 is 18.3 Å². The van der Waals surface area contributed by atoms with Crippen molar-refractivity contribution in [2.24, 2.45) is 0 Å². The first-order valence-electron chi connectivity index (χ1n) is 9.77. The number of amides is 1. The van der Waals surface area contributed by atoms with Gasteiger partial charge >= 0.3 is 6.18 Å². The minimum absolute atomic E-state index is 0.142. The highest BCUT2D eigenvalue weighted by atomic mass is 79.9. The van der Waals surface area contributed by atoms with Crippen molar-refractivity contribution in [3.63, 3.8) is 0 Å². The van der Waals surface area contributed by atoms with Crippen LogP contribution < -0.4 is 10.2 Å². The van der Waals surface area contributed by atoms with Crippen LogP contribution in [0.3, 0.4) is 0 Å². The van der Waals surface area contributed by atoms with Gasteiger partial charge in [0.1, 0.15) is 5.66 Å². The molecule has 0 bridgehead atoms. The number of nitrogens with zero attached hydrogens (tertiary/aromatic N) is 1. The predicted octanol–water partition coefficient (Wildman–Crippen LogP) is 6.92. The summed E-state index contributed by atoms with van der Waals surface area (Å²) < 4.78 is 39.0. The molecule has 0 saturated carbocycles. The smallest absolute Gasteiger partial charge is 0.362 e. The summed E-state index contributed by atoms with van der Waals surface area (Å²) in [7, 11) is 0. The average molecular weight is 469 g/mol. The van der Waals surface area contributed by atoms with E-state index >= 15 is 0 Å². The molecule has 0 unspecified atom stereocenters. The molecule has 3 nitrogen and oxygen atoms in total. The van der Waals surface area contributed by atoms with Gasteiger partial charge in [-0.15, -0.1) is 0 Å². The van der Waals surface area contributed by atoms with Crippen LogP contribution in [0.1, 0.15) is 55.5 Å². The first-order chi connectivity index (χ1) is 13.7. The maximum atomic E-state index is 13.5. The fourth-order valence-corrected chi connectivity index (χ4v) is 4.45. The molecule has 3 rings (SSSR count). The van der Waals surface area contributed by atoms with Crippen molar-refractivity contribution in [2.45, 2.75) is 57.8 Å². The van der Waals surface area contributed by atoms with Crippen molar-refractivity contribution in [2.75, 3.05) is 10.2 Å². The van der Waals surface area contributed by atoms with E-state index in [1.54, 1.807) is 23.1 Å². The van der Waals surface area contributed by atoms with Crippen molar-refractivity contribution >= 4 is 33.2 Å². The maximum absolute atomic E-state index is 13.5. The number of carbonyl (C=O) groups excluding carboxylic acids is 1. The third-order valence-corrected chi connectivity index (χ3v) is 5.63. The van der Waals surface area contributed by atoms with Crippen LogP contribution in [0.25, 0.3) is 0 Å². The van der Waals surface area contributed by atoms with E-state index in [-0.39, 0.29) is 11.5 Å². The van der Waals surface area contributed by atoms with Crippen molar-refractivity contribution in [3.05, 3.63) is 58.1 Å². The zero-order valence-electron chi connectivity index (χ0n) is 16.4. The van der Waals surface area contributed by atoms with Crippen LogP contribution in [0.4, 0.5) is 24.5 Å². The fourth-order valence-electron chi connectivity index (χ4n) is 4.09. The molecular formula is C22H24BrF3N2O. The molecule has 0 fully saturated rings. The van der Waals surface area contributed by atoms with Gasteiger partial charge in [0.15, 0.2) is 0 Å². The van der Waals surface area contributed by atoms with Crippen molar-refractivity contribution in [3.8, 4) is 0 Å². The molecule has 1 amide bonds. The Labute approximate surface area is 177 Å². The summed E-state index contributed by atoms with van der Waals surface area (Å²) in [5.41, 5.74) is 1.48. The number of fused-ring (bicyclic) bond motifs is 1. The molecule has 1 heterocycles. The highest BCUT2D eigenvalue weighted by Crippen LogP contribution is 2.41. The topological polar surface area (TPSA) is 32.3 Å². The number of hydrogen-bond donors (Lipinski definition) is 1. The lowest BCUT2D eigenvalue weighted by atomic mass is 9.90. The molecular weight excluding hydrogens is 445 g/mol. The molecule has 0 spiro atoms. The second-order valence-corrected chi connectivity index (χ2v) is 8.36. The van der Waals surface area contributed by atoms with Gasteiger partial charge < -0.3 is 5.32 Å². The van der Waals surface area contributed by atoms with Crippen LogP contribution in [0.15, 0.2) is 46.9 Å². The average Bonchev–Trinajstić information content (AvgIpc) is 2.62. The largest absolute Gasteiger partial charge is 0.393 e. The molecule has 2 aromatic carbocycles. The van der Waals surface area contributed by atoms with Gasteiger partial charge in [-0.1, -0.05) is 54.8 Å². The summed E-state index contributed by atoms with van der Waals surface area (Å²) >= 11 is 3.46. The second-order valence-electron chi connectivity index (χ2n) is 7.45. The van der Waals surface area contributed by atoms with Crippen LogP contribution in [-0.4, -0.2) is 17.7 Å². The normalized spacial score (nSPS) is 15.8. The molecule has 1 aliphatic heterocycles. The van der Waals surface area contributed by atoms with E-state index in [9.17, 15) is 18.0 Å². The summed E-state index contributed by atoms with van der Waals surface area (Å²) in [6.45, 7) is 4.12.